The quantitative estimate of drug-likeness (QED) is 0.906. The van der Waals surface area contributed by atoms with Crippen molar-refractivity contribution in [2.45, 2.75) is 30.7 Å². The molecule has 0 spiro atoms. The maximum Gasteiger partial charge on any atom is 0.244 e. The monoisotopic (exact) mass is 324 g/mol. The molecule has 2 rings (SSSR count). The highest BCUT2D eigenvalue weighted by molar-refractivity contribution is 7.89. The van der Waals surface area contributed by atoms with Crippen LogP contribution >= 0.6 is 24.0 Å². The molecule has 1 aliphatic heterocycles. The highest BCUT2D eigenvalue weighted by Gasteiger charge is 2.29. The van der Waals surface area contributed by atoms with Gasteiger partial charge in [-0.15, -0.1) is 12.4 Å². The highest BCUT2D eigenvalue weighted by Crippen LogP contribution is 2.28. The third kappa shape index (κ3) is 3.41. The van der Waals surface area contributed by atoms with Gasteiger partial charge in [-0.1, -0.05) is 23.7 Å². The molecular weight excluding hydrogens is 307 g/mol. The molecular formula is C12H18Cl2N2O2S. The van der Waals surface area contributed by atoms with Gasteiger partial charge in [0, 0.05) is 19.1 Å². The number of hydrogen-bond acceptors (Lipinski definition) is 3. The van der Waals surface area contributed by atoms with Crippen LogP contribution in [0.5, 0.6) is 0 Å². The lowest BCUT2D eigenvalue weighted by Gasteiger charge is -2.29. The Hall–Kier alpha value is -0.330. The Labute approximate surface area is 125 Å². The molecule has 7 heteroatoms. The topological polar surface area (TPSA) is 63.4 Å². The maximum atomic E-state index is 12.5. The zero-order valence-corrected chi connectivity index (χ0v) is 13.1. The van der Waals surface area contributed by atoms with Gasteiger partial charge >= 0.3 is 0 Å². The minimum absolute atomic E-state index is 0. The lowest BCUT2D eigenvalue weighted by atomic mass is 10.1. The van der Waals surface area contributed by atoms with Crippen molar-refractivity contribution in [2.24, 2.45) is 5.73 Å². The first-order chi connectivity index (χ1) is 8.43. The number of halogens is 2. The zero-order chi connectivity index (χ0) is 13.3. The summed E-state index contributed by atoms with van der Waals surface area (Å²) in [7, 11) is -3.49. The molecule has 1 aromatic rings. The SMILES string of the molecule is Cc1cccc(S(=O)(=O)N2CCC(N)CC2)c1Cl.Cl. The average molecular weight is 325 g/mol. The van der Waals surface area contributed by atoms with Crippen molar-refractivity contribution in [2.75, 3.05) is 13.1 Å². The van der Waals surface area contributed by atoms with Crippen LogP contribution in [0.1, 0.15) is 18.4 Å². The van der Waals surface area contributed by atoms with E-state index in [1.54, 1.807) is 25.1 Å². The summed E-state index contributed by atoms with van der Waals surface area (Å²) >= 11 is 6.10. The highest BCUT2D eigenvalue weighted by atomic mass is 35.5. The van der Waals surface area contributed by atoms with E-state index in [0.717, 1.165) is 5.56 Å². The molecule has 0 amide bonds. The minimum atomic E-state index is -3.49. The molecule has 1 fully saturated rings. The third-order valence-corrected chi connectivity index (χ3v) is 5.83. The Balaban J connectivity index is 0.00000180. The van der Waals surface area contributed by atoms with E-state index in [0.29, 0.717) is 31.0 Å². The molecule has 2 N–H and O–H groups in total. The summed E-state index contributed by atoms with van der Waals surface area (Å²) in [6.07, 6.45) is 1.39. The van der Waals surface area contributed by atoms with Crippen LogP contribution < -0.4 is 5.73 Å². The molecule has 19 heavy (non-hydrogen) atoms. The molecule has 1 saturated heterocycles. The van der Waals surface area contributed by atoms with Crippen LogP contribution in [-0.4, -0.2) is 31.9 Å². The number of nitrogens with zero attached hydrogens (tertiary/aromatic N) is 1. The van der Waals surface area contributed by atoms with Crippen molar-refractivity contribution in [3.63, 3.8) is 0 Å². The van der Waals surface area contributed by atoms with Crippen molar-refractivity contribution in [1.29, 1.82) is 0 Å². The number of hydrogen-bond donors (Lipinski definition) is 1. The smallest absolute Gasteiger partial charge is 0.244 e. The summed E-state index contributed by atoms with van der Waals surface area (Å²) in [4.78, 5) is 0.194. The van der Waals surface area contributed by atoms with Gasteiger partial charge in [0.05, 0.1) is 5.02 Å². The van der Waals surface area contributed by atoms with Crippen LogP contribution in [0.25, 0.3) is 0 Å². The third-order valence-electron chi connectivity index (χ3n) is 3.27. The number of nitrogens with two attached hydrogens (primary N) is 1. The average Bonchev–Trinajstić information content (AvgIpc) is 2.33. The van der Waals surface area contributed by atoms with E-state index >= 15 is 0 Å². The van der Waals surface area contributed by atoms with E-state index in [2.05, 4.69) is 0 Å². The van der Waals surface area contributed by atoms with Gasteiger partial charge < -0.3 is 5.73 Å². The summed E-state index contributed by atoms with van der Waals surface area (Å²) in [6.45, 7) is 2.73. The van der Waals surface area contributed by atoms with Gasteiger partial charge in [0.2, 0.25) is 10.0 Å². The summed E-state index contributed by atoms with van der Waals surface area (Å²) < 4.78 is 26.4. The predicted octanol–water partition coefficient (Wildman–Crippen LogP) is 2.18. The van der Waals surface area contributed by atoms with E-state index < -0.39 is 10.0 Å². The Morgan fingerprint density at radius 2 is 1.89 bits per heavy atom. The van der Waals surface area contributed by atoms with Crippen LogP contribution in [0.4, 0.5) is 0 Å². The fourth-order valence-electron chi connectivity index (χ4n) is 2.07. The Bertz CT molecular complexity index is 541. The number of rotatable bonds is 2. The van der Waals surface area contributed by atoms with E-state index in [9.17, 15) is 8.42 Å². The summed E-state index contributed by atoms with van der Waals surface area (Å²) in [5.74, 6) is 0. The van der Waals surface area contributed by atoms with Gasteiger partial charge in [-0.05, 0) is 31.4 Å². The molecule has 1 aliphatic rings. The lowest BCUT2D eigenvalue weighted by Crippen LogP contribution is -2.42. The Kier molecular flexibility index (Phi) is 5.65. The number of aryl methyl sites for hydroxylation is 1. The molecule has 0 aliphatic carbocycles. The van der Waals surface area contributed by atoms with E-state index in [1.807, 2.05) is 0 Å². The summed E-state index contributed by atoms with van der Waals surface area (Å²) in [5.41, 5.74) is 6.56. The number of sulfonamides is 1. The van der Waals surface area contributed by atoms with Crippen molar-refractivity contribution in [1.82, 2.24) is 4.31 Å². The van der Waals surface area contributed by atoms with Crippen LogP contribution in [0.15, 0.2) is 23.1 Å². The van der Waals surface area contributed by atoms with E-state index in [1.165, 1.54) is 4.31 Å². The summed E-state index contributed by atoms with van der Waals surface area (Å²) in [6, 6.07) is 5.17. The molecule has 1 heterocycles. The van der Waals surface area contributed by atoms with Gasteiger partial charge in [0.25, 0.3) is 0 Å². The second-order valence-electron chi connectivity index (χ2n) is 4.63. The largest absolute Gasteiger partial charge is 0.328 e. The first-order valence-electron chi connectivity index (χ1n) is 5.94. The van der Waals surface area contributed by atoms with Crippen LogP contribution in [0, 0.1) is 6.92 Å². The van der Waals surface area contributed by atoms with Gasteiger partial charge in [-0.2, -0.15) is 4.31 Å². The molecule has 0 unspecified atom stereocenters. The molecule has 0 aromatic heterocycles. The number of piperidine rings is 1. The van der Waals surface area contributed by atoms with Crippen LogP contribution in [0.2, 0.25) is 5.02 Å². The van der Waals surface area contributed by atoms with Crippen molar-refractivity contribution >= 4 is 34.0 Å². The molecule has 108 valence electrons. The normalized spacial score (nSPS) is 18.1. The first kappa shape index (κ1) is 16.7. The maximum absolute atomic E-state index is 12.5. The Morgan fingerprint density at radius 3 is 2.47 bits per heavy atom. The predicted molar refractivity (Wildman–Crippen MR) is 79.4 cm³/mol. The minimum Gasteiger partial charge on any atom is -0.328 e. The van der Waals surface area contributed by atoms with Gasteiger partial charge in [0.1, 0.15) is 4.90 Å². The molecule has 0 radical (unpaired) electrons. The van der Waals surface area contributed by atoms with Crippen molar-refractivity contribution in [3.8, 4) is 0 Å². The Morgan fingerprint density at radius 1 is 1.32 bits per heavy atom. The first-order valence-corrected chi connectivity index (χ1v) is 7.75. The molecule has 0 atom stereocenters. The van der Waals surface area contributed by atoms with Gasteiger partial charge in [-0.3, -0.25) is 0 Å². The number of benzene rings is 1. The van der Waals surface area contributed by atoms with Gasteiger partial charge in [0.15, 0.2) is 0 Å². The van der Waals surface area contributed by atoms with Crippen LogP contribution in [-0.2, 0) is 10.0 Å². The lowest BCUT2D eigenvalue weighted by molar-refractivity contribution is 0.320. The fraction of sp³-hybridized carbons (Fsp3) is 0.500. The van der Waals surface area contributed by atoms with Gasteiger partial charge in [-0.25, -0.2) is 8.42 Å². The van der Waals surface area contributed by atoms with Crippen molar-refractivity contribution < 1.29 is 8.42 Å². The second kappa shape index (κ2) is 6.41. The second-order valence-corrected chi connectivity index (χ2v) is 6.91. The van der Waals surface area contributed by atoms with E-state index in [4.69, 9.17) is 17.3 Å². The van der Waals surface area contributed by atoms with Crippen molar-refractivity contribution in [3.05, 3.63) is 28.8 Å². The van der Waals surface area contributed by atoms with E-state index in [-0.39, 0.29) is 23.3 Å². The summed E-state index contributed by atoms with van der Waals surface area (Å²) in [5, 5.41) is 0.312. The van der Waals surface area contributed by atoms with Crippen LogP contribution in [0.3, 0.4) is 0 Å². The standard InChI is InChI=1S/C12H17ClN2O2S.ClH/c1-9-3-2-4-11(12(9)13)18(16,17)15-7-5-10(14)6-8-15;/h2-4,10H,5-8,14H2,1H3;1H. The zero-order valence-electron chi connectivity index (χ0n) is 10.7. The molecule has 0 bridgehead atoms. The molecule has 0 saturated carbocycles. The molecule has 4 nitrogen and oxygen atoms in total. The molecule has 1 aromatic carbocycles. The fourth-order valence-corrected chi connectivity index (χ4v) is 4.10.